The van der Waals surface area contributed by atoms with Crippen LogP contribution in [-0.4, -0.2) is 22.7 Å². The summed E-state index contributed by atoms with van der Waals surface area (Å²) in [6.07, 6.45) is 1.48. The molecule has 1 aliphatic rings. The molecule has 1 saturated heterocycles. The van der Waals surface area contributed by atoms with Crippen LogP contribution >= 0.6 is 0 Å². The topological polar surface area (TPSA) is 75.5 Å². The first-order chi connectivity index (χ1) is 10.6. The van der Waals surface area contributed by atoms with Gasteiger partial charge in [-0.05, 0) is 18.4 Å². The first kappa shape index (κ1) is 14.6. The summed E-state index contributed by atoms with van der Waals surface area (Å²) in [5.74, 6) is 0.455. The molecule has 3 rings (SSSR count). The molecule has 6 heteroatoms. The van der Waals surface area contributed by atoms with Crippen molar-refractivity contribution in [1.82, 2.24) is 10.2 Å². The van der Waals surface area contributed by atoms with Gasteiger partial charge in [-0.3, -0.25) is 9.59 Å². The van der Waals surface area contributed by atoms with Crippen LogP contribution in [0.5, 0.6) is 0 Å². The zero-order chi connectivity index (χ0) is 15.5. The quantitative estimate of drug-likeness (QED) is 0.942. The second-order valence-electron chi connectivity index (χ2n) is 5.49. The van der Waals surface area contributed by atoms with Gasteiger partial charge in [-0.15, -0.1) is 5.06 Å². The maximum Gasteiger partial charge on any atom is 0.322 e. The molecule has 2 heterocycles. The number of H-pyrrole nitrogens is 1. The van der Waals surface area contributed by atoms with Crippen molar-refractivity contribution in [2.75, 3.05) is 6.54 Å². The minimum absolute atomic E-state index is 0.0518. The van der Waals surface area contributed by atoms with E-state index >= 15 is 0 Å². The van der Waals surface area contributed by atoms with Crippen LogP contribution in [0.25, 0.3) is 0 Å². The van der Waals surface area contributed by atoms with Crippen LogP contribution in [0.2, 0.25) is 0 Å². The first-order valence-corrected chi connectivity index (χ1v) is 7.32. The third-order valence-electron chi connectivity index (χ3n) is 3.93. The van der Waals surface area contributed by atoms with Crippen molar-refractivity contribution in [2.24, 2.45) is 0 Å². The number of benzene rings is 1. The molecule has 1 aromatic carbocycles. The smallest absolute Gasteiger partial charge is 0.322 e. The number of hydrogen-bond acceptors (Lipinski definition) is 5. The van der Waals surface area contributed by atoms with Crippen molar-refractivity contribution >= 4 is 5.97 Å². The lowest BCUT2D eigenvalue weighted by Crippen LogP contribution is -2.37. The molecule has 0 saturated carbocycles. The molecule has 0 radical (unpaired) electrons. The lowest BCUT2D eigenvalue weighted by atomic mass is 9.87. The van der Waals surface area contributed by atoms with Gasteiger partial charge in [0, 0.05) is 25.5 Å². The van der Waals surface area contributed by atoms with Crippen LogP contribution < -0.4 is 5.56 Å². The number of rotatable bonds is 3. The van der Waals surface area contributed by atoms with Gasteiger partial charge in [0.05, 0.1) is 6.04 Å². The van der Waals surface area contributed by atoms with Crippen LogP contribution in [-0.2, 0) is 9.63 Å². The van der Waals surface area contributed by atoms with Gasteiger partial charge >= 0.3 is 5.97 Å². The Labute approximate surface area is 127 Å². The molecule has 2 aromatic rings. The number of carbonyl (C=O) groups is 1. The number of nitrogens with zero attached hydrogens (tertiary/aromatic N) is 1. The first-order valence-electron chi connectivity index (χ1n) is 7.32. The molecular formula is C16H18N2O4. The number of aromatic nitrogens is 1. The Morgan fingerprint density at radius 3 is 2.77 bits per heavy atom. The molecule has 2 unspecified atom stereocenters. The summed E-state index contributed by atoms with van der Waals surface area (Å²) >= 11 is 0. The van der Waals surface area contributed by atoms with E-state index in [1.54, 1.807) is 5.06 Å². The normalized spacial score (nSPS) is 22.4. The van der Waals surface area contributed by atoms with E-state index in [0.717, 1.165) is 18.4 Å². The lowest BCUT2D eigenvalue weighted by Gasteiger charge is -2.37. The molecule has 0 amide bonds. The molecule has 116 valence electrons. The van der Waals surface area contributed by atoms with Crippen molar-refractivity contribution in [3.05, 3.63) is 58.1 Å². The lowest BCUT2D eigenvalue weighted by molar-refractivity contribution is -0.208. The number of hydrogen-bond donors (Lipinski definition) is 1. The Morgan fingerprint density at radius 2 is 2.14 bits per heavy atom. The Hall–Kier alpha value is -2.34. The van der Waals surface area contributed by atoms with Crippen LogP contribution in [0.3, 0.4) is 0 Å². The van der Waals surface area contributed by atoms with Crippen LogP contribution in [0, 0.1) is 0 Å². The predicted octanol–water partition coefficient (Wildman–Crippen LogP) is 2.37. The molecule has 0 spiro atoms. The van der Waals surface area contributed by atoms with Gasteiger partial charge in [-0.1, -0.05) is 30.3 Å². The van der Waals surface area contributed by atoms with E-state index in [2.05, 4.69) is 5.16 Å². The Bertz CT molecular complexity index is 691. The Balaban J connectivity index is 1.85. The van der Waals surface area contributed by atoms with Gasteiger partial charge < -0.3 is 9.36 Å². The highest BCUT2D eigenvalue weighted by Crippen LogP contribution is 2.39. The summed E-state index contributed by atoms with van der Waals surface area (Å²) in [6, 6.07) is 11.3. The van der Waals surface area contributed by atoms with E-state index in [4.69, 9.17) is 9.36 Å². The summed E-state index contributed by atoms with van der Waals surface area (Å²) in [5.41, 5.74) is 0.847. The van der Waals surface area contributed by atoms with Gasteiger partial charge in [-0.25, -0.2) is 0 Å². The van der Waals surface area contributed by atoms with Crippen molar-refractivity contribution in [3.63, 3.8) is 0 Å². The fourth-order valence-electron chi connectivity index (χ4n) is 2.95. The Kier molecular flexibility index (Phi) is 4.11. The third-order valence-corrected chi connectivity index (χ3v) is 3.93. The minimum atomic E-state index is -0.326. The zero-order valence-corrected chi connectivity index (χ0v) is 12.3. The van der Waals surface area contributed by atoms with Gasteiger partial charge in [0.15, 0.2) is 0 Å². The van der Waals surface area contributed by atoms with E-state index in [-0.39, 0.29) is 23.5 Å². The summed E-state index contributed by atoms with van der Waals surface area (Å²) in [4.78, 5) is 27.9. The van der Waals surface area contributed by atoms with Crippen LogP contribution in [0.4, 0.5) is 0 Å². The maximum atomic E-state index is 11.3. The number of piperidine rings is 1. The second-order valence-corrected chi connectivity index (χ2v) is 5.49. The highest BCUT2D eigenvalue weighted by Gasteiger charge is 2.34. The third kappa shape index (κ3) is 3.12. The highest BCUT2D eigenvalue weighted by molar-refractivity contribution is 5.65. The molecule has 1 aromatic heterocycles. The molecule has 1 N–H and O–H groups in total. The monoisotopic (exact) mass is 302 g/mol. The number of nitrogens with one attached hydrogen (secondary N) is 1. The zero-order valence-electron chi connectivity index (χ0n) is 12.3. The van der Waals surface area contributed by atoms with Crippen LogP contribution in [0.1, 0.15) is 43.0 Å². The minimum Gasteiger partial charge on any atom is -0.383 e. The van der Waals surface area contributed by atoms with E-state index in [1.165, 1.54) is 13.0 Å². The summed E-state index contributed by atoms with van der Waals surface area (Å²) in [5, 5.41) is 4.06. The SMILES string of the molecule is CC(=O)ON1CCC(c2cc(=O)[nH]o2)CC1c1ccccc1. The molecule has 22 heavy (non-hydrogen) atoms. The fraction of sp³-hybridized carbons (Fsp3) is 0.375. The summed E-state index contributed by atoms with van der Waals surface area (Å²) < 4.78 is 5.24. The predicted molar refractivity (Wildman–Crippen MR) is 79.0 cm³/mol. The van der Waals surface area contributed by atoms with Gasteiger partial charge in [-0.2, -0.15) is 5.16 Å². The largest absolute Gasteiger partial charge is 0.383 e. The average molecular weight is 302 g/mol. The van der Waals surface area contributed by atoms with Gasteiger partial charge in [0.1, 0.15) is 5.76 Å². The number of carbonyl (C=O) groups excluding carboxylic acids is 1. The molecule has 2 atom stereocenters. The van der Waals surface area contributed by atoms with Gasteiger partial charge in [0.2, 0.25) is 0 Å². The maximum absolute atomic E-state index is 11.3. The Morgan fingerprint density at radius 1 is 1.36 bits per heavy atom. The summed E-state index contributed by atoms with van der Waals surface area (Å²) in [7, 11) is 0. The van der Waals surface area contributed by atoms with Crippen LogP contribution in [0.15, 0.2) is 45.7 Å². The van der Waals surface area contributed by atoms with Crippen molar-refractivity contribution < 1.29 is 14.2 Å². The van der Waals surface area contributed by atoms with Crippen molar-refractivity contribution in [3.8, 4) is 0 Å². The molecule has 6 nitrogen and oxygen atoms in total. The molecule has 0 bridgehead atoms. The molecule has 1 fully saturated rings. The summed E-state index contributed by atoms with van der Waals surface area (Å²) in [6.45, 7) is 2.00. The van der Waals surface area contributed by atoms with E-state index in [9.17, 15) is 9.59 Å². The number of aromatic amines is 1. The van der Waals surface area contributed by atoms with E-state index < -0.39 is 0 Å². The molecule has 1 aliphatic heterocycles. The fourth-order valence-corrected chi connectivity index (χ4v) is 2.95. The number of hydroxylamine groups is 2. The molecule has 0 aliphatic carbocycles. The average Bonchev–Trinajstić information content (AvgIpc) is 2.94. The van der Waals surface area contributed by atoms with Gasteiger partial charge in [0.25, 0.3) is 5.56 Å². The molecular weight excluding hydrogens is 284 g/mol. The second kappa shape index (κ2) is 6.19. The van der Waals surface area contributed by atoms with Crippen molar-refractivity contribution in [1.29, 1.82) is 0 Å². The standard InChI is InChI=1S/C16H18N2O4/c1-11(19)22-18-8-7-13(15-10-16(20)17-21-15)9-14(18)12-5-3-2-4-6-12/h2-6,10,13-14H,7-9H2,1H3,(H,17,20). The highest BCUT2D eigenvalue weighted by atomic mass is 16.7. The van der Waals surface area contributed by atoms with E-state index in [0.29, 0.717) is 12.3 Å². The van der Waals surface area contributed by atoms with E-state index in [1.807, 2.05) is 30.3 Å². The van der Waals surface area contributed by atoms with Crippen molar-refractivity contribution in [2.45, 2.75) is 31.7 Å².